The highest BCUT2D eigenvalue weighted by molar-refractivity contribution is 7.17. The second kappa shape index (κ2) is 6.07. The molecule has 4 aromatic rings. The number of aryl methyl sites for hydroxylation is 1. The Morgan fingerprint density at radius 2 is 2.04 bits per heavy atom. The minimum absolute atomic E-state index is 0.0415. The minimum Gasteiger partial charge on any atom is -0.454 e. The topological polar surface area (TPSA) is 73.9 Å². The predicted octanol–water partition coefficient (Wildman–Crippen LogP) is 2.00. The van der Waals surface area contributed by atoms with Crippen LogP contribution in [-0.2, 0) is 20.1 Å². The summed E-state index contributed by atoms with van der Waals surface area (Å²) in [5.41, 5.74) is 1.94. The van der Waals surface area contributed by atoms with Gasteiger partial charge in [-0.15, -0.1) is 21.5 Å². The Labute approximate surface area is 158 Å². The fourth-order valence-electron chi connectivity index (χ4n) is 3.40. The van der Waals surface area contributed by atoms with Gasteiger partial charge in [-0.3, -0.25) is 18.7 Å². The molecular weight excluding hydrogens is 366 g/mol. The zero-order chi connectivity index (χ0) is 18.5. The molecule has 0 atom stereocenters. The van der Waals surface area contributed by atoms with E-state index in [4.69, 9.17) is 9.47 Å². The summed E-state index contributed by atoms with van der Waals surface area (Å²) >= 11 is 1.44. The lowest BCUT2D eigenvalue weighted by molar-refractivity contribution is 0.174. The van der Waals surface area contributed by atoms with Crippen LogP contribution in [0.15, 0.2) is 34.4 Å². The van der Waals surface area contributed by atoms with E-state index in [0.29, 0.717) is 17.0 Å². The Hall–Kier alpha value is -2.91. The quantitative estimate of drug-likeness (QED) is 0.537. The van der Waals surface area contributed by atoms with Crippen molar-refractivity contribution < 1.29 is 9.47 Å². The lowest BCUT2D eigenvalue weighted by Gasteiger charge is -2.16. The van der Waals surface area contributed by atoms with Crippen LogP contribution in [-0.4, -0.2) is 37.9 Å². The Morgan fingerprint density at radius 1 is 1.19 bits per heavy atom. The zero-order valence-electron chi connectivity index (χ0n) is 14.9. The number of nitrogens with zero attached hydrogens (tertiary/aromatic N) is 5. The maximum Gasteiger partial charge on any atom is 0.272 e. The summed E-state index contributed by atoms with van der Waals surface area (Å²) in [6, 6.07) is 7.91. The monoisotopic (exact) mass is 383 g/mol. The molecule has 0 radical (unpaired) electrons. The summed E-state index contributed by atoms with van der Waals surface area (Å²) < 4.78 is 15.0. The van der Waals surface area contributed by atoms with E-state index in [2.05, 4.69) is 15.1 Å². The van der Waals surface area contributed by atoms with Gasteiger partial charge in [0.25, 0.3) is 5.56 Å². The third-order valence-electron chi connectivity index (χ3n) is 4.70. The summed E-state index contributed by atoms with van der Waals surface area (Å²) in [5.74, 6) is 2.92. The third kappa shape index (κ3) is 2.58. The molecule has 0 saturated carbocycles. The number of fused-ring (bicyclic) bond motifs is 4. The van der Waals surface area contributed by atoms with E-state index in [0.717, 1.165) is 34.9 Å². The molecule has 0 spiro atoms. The molecule has 4 heterocycles. The summed E-state index contributed by atoms with van der Waals surface area (Å²) in [7, 11) is 3.75. The van der Waals surface area contributed by atoms with E-state index < -0.39 is 0 Å². The van der Waals surface area contributed by atoms with Crippen LogP contribution < -0.4 is 15.0 Å². The van der Waals surface area contributed by atoms with Gasteiger partial charge in [0.2, 0.25) is 12.6 Å². The molecular formula is C18H17N5O3S. The van der Waals surface area contributed by atoms with Crippen LogP contribution in [0.3, 0.4) is 0 Å². The molecule has 5 rings (SSSR count). The molecule has 1 aliphatic heterocycles. The summed E-state index contributed by atoms with van der Waals surface area (Å²) in [4.78, 5) is 14.6. The Bertz CT molecular complexity index is 1230. The van der Waals surface area contributed by atoms with Gasteiger partial charge >= 0.3 is 0 Å². The molecule has 0 aliphatic carbocycles. The van der Waals surface area contributed by atoms with Crippen molar-refractivity contribution in [2.45, 2.75) is 13.1 Å². The van der Waals surface area contributed by atoms with E-state index in [1.807, 2.05) is 41.1 Å². The van der Waals surface area contributed by atoms with Crippen molar-refractivity contribution >= 4 is 27.3 Å². The van der Waals surface area contributed by atoms with Crippen LogP contribution in [0, 0.1) is 0 Å². The number of ether oxygens (including phenoxy) is 2. The standard InChI is InChI=1S/C18H17N5O3S/c1-21(8-11-3-4-13-14(7-11)26-10-25-13)9-15-19-20-18-22(2)17(24)16-12(23(15)18)5-6-27-16/h3-7H,8-10H2,1-2H3. The summed E-state index contributed by atoms with van der Waals surface area (Å²) in [6.45, 7) is 1.60. The highest BCUT2D eigenvalue weighted by Crippen LogP contribution is 2.32. The molecule has 0 N–H and O–H groups in total. The Morgan fingerprint density at radius 3 is 2.93 bits per heavy atom. The van der Waals surface area contributed by atoms with Gasteiger partial charge in [0, 0.05) is 13.6 Å². The van der Waals surface area contributed by atoms with Gasteiger partial charge in [0.1, 0.15) is 4.70 Å². The summed E-state index contributed by atoms with van der Waals surface area (Å²) in [5, 5.41) is 10.5. The van der Waals surface area contributed by atoms with Gasteiger partial charge < -0.3 is 9.47 Å². The lowest BCUT2D eigenvalue weighted by atomic mass is 10.2. The number of rotatable bonds is 4. The molecule has 1 aromatic carbocycles. The van der Waals surface area contributed by atoms with Crippen molar-refractivity contribution in [1.29, 1.82) is 0 Å². The molecule has 0 unspecified atom stereocenters. The van der Waals surface area contributed by atoms with Gasteiger partial charge in [0.05, 0.1) is 12.1 Å². The molecule has 0 saturated heterocycles. The van der Waals surface area contributed by atoms with Crippen molar-refractivity contribution in [3.05, 3.63) is 51.4 Å². The highest BCUT2D eigenvalue weighted by atomic mass is 32.1. The van der Waals surface area contributed by atoms with Crippen molar-refractivity contribution in [3.8, 4) is 11.5 Å². The van der Waals surface area contributed by atoms with Crippen LogP contribution in [0.1, 0.15) is 11.4 Å². The van der Waals surface area contributed by atoms with E-state index >= 15 is 0 Å². The van der Waals surface area contributed by atoms with Gasteiger partial charge in [-0.2, -0.15) is 0 Å². The number of thiophene rings is 1. The molecule has 0 bridgehead atoms. The van der Waals surface area contributed by atoms with E-state index in [1.54, 1.807) is 11.6 Å². The average molecular weight is 383 g/mol. The van der Waals surface area contributed by atoms with Crippen LogP contribution in [0.2, 0.25) is 0 Å². The SMILES string of the molecule is CN(Cc1ccc2c(c1)OCO2)Cc1nnc2n(C)c(=O)c3sccc3n12. The molecule has 8 nitrogen and oxygen atoms in total. The molecule has 138 valence electrons. The second-order valence-corrected chi connectivity index (χ2v) is 7.53. The first-order chi connectivity index (χ1) is 13.1. The Kier molecular flexibility index (Phi) is 3.66. The maximum absolute atomic E-state index is 12.4. The smallest absolute Gasteiger partial charge is 0.272 e. The first kappa shape index (κ1) is 16.3. The van der Waals surface area contributed by atoms with Crippen LogP contribution in [0.25, 0.3) is 16.0 Å². The first-order valence-corrected chi connectivity index (χ1v) is 9.37. The van der Waals surface area contributed by atoms with Crippen molar-refractivity contribution in [2.24, 2.45) is 7.05 Å². The van der Waals surface area contributed by atoms with Gasteiger partial charge in [-0.25, -0.2) is 0 Å². The molecule has 27 heavy (non-hydrogen) atoms. The molecule has 0 fully saturated rings. The highest BCUT2D eigenvalue weighted by Gasteiger charge is 2.18. The largest absolute Gasteiger partial charge is 0.454 e. The minimum atomic E-state index is -0.0415. The first-order valence-electron chi connectivity index (χ1n) is 8.49. The predicted molar refractivity (Wildman–Crippen MR) is 101 cm³/mol. The fourth-order valence-corrected chi connectivity index (χ4v) is 4.25. The van der Waals surface area contributed by atoms with Crippen molar-refractivity contribution in [2.75, 3.05) is 13.8 Å². The number of aromatic nitrogens is 4. The molecule has 3 aromatic heterocycles. The van der Waals surface area contributed by atoms with Gasteiger partial charge in [-0.05, 0) is 36.2 Å². The van der Waals surface area contributed by atoms with E-state index in [1.165, 1.54) is 11.3 Å². The number of benzene rings is 1. The second-order valence-electron chi connectivity index (χ2n) is 6.61. The molecule has 1 aliphatic rings. The van der Waals surface area contributed by atoms with E-state index in [9.17, 15) is 4.79 Å². The van der Waals surface area contributed by atoms with Crippen molar-refractivity contribution in [3.63, 3.8) is 0 Å². The summed E-state index contributed by atoms with van der Waals surface area (Å²) in [6.07, 6.45) is 0. The maximum atomic E-state index is 12.4. The number of hydrogen-bond acceptors (Lipinski definition) is 7. The van der Waals surface area contributed by atoms with Crippen LogP contribution in [0.4, 0.5) is 0 Å². The van der Waals surface area contributed by atoms with E-state index in [-0.39, 0.29) is 12.4 Å². The average Bonchev–Trinajstić information content (AvgIpc) is 3.38. The normalized spacial score (nSPS) is 13.3. The molecule has 0 amide bonds. The number of hydrogen-bond donors (Lipinski definition) is 0. The van der Waals surface area contributed by atoms with Crippen molar-refractivity contribution in [1.82, 2.24) is 24.1 Å². The van der Waals surface area contributed by atoms with Crippen LogP contribution >= 0.6 is 11.3 Å². The fraction of sp³-hybridized carbons (Fsp3) is 0.278. The van der Waals surface area contributed by atoms with Gasteiger partial charge in [-0.1, -0.05) is 6.07 Å². The zero-order valence-corrected chi connectivity index (χ0v) is 15.7. The van der Waals surface area contributed by atoms with Crippen LogP contribution in [0.5, 0.6) is 11.5 Å². The Balaban J connectivity index is 1.47. The third-order valence-corrected chi connectivity index (χ3v) is 5.59. The van der Waals surface area contributed by atoms with Gasteiger partial charge in [0.15, 0.2) is 17.3 Å². The lowest BCUT2D eigenvalue weighted by Crippen LogP contribution is -2.21. The molecule has 9 heteroatoms.